The molecule has 1 N–H and O–H groups in total. The molecular weight excluding hydrogens is 441 g/mol. The van der Waals surface area contributed by atoms with E-state index in [0.717, 1.165) is 10.6 Å². The lowest BCUT2D eigenvalue weighted by molar-refractivity contribution is -0.119. The zero-order valence-electron chi connectivity index (χ0n) is 15.4. The minimum Gasteiger partial charge on any atom is -0.465 e. The van der Waals surface area contributed by atoms with Crippen molar-refractivity contribution in [2.24, 2.45) is 5.10 Å². The molecule has 0 aliphatic carbocycles. The largest absolute Gasteiger partial charge is 0.465 e. The van der Waals surface area contributed by atoms with Crippen LogP contribution in [0.25, 0.3) is 0 Å². The molecule has 2 rings (SSSR count). The van der Waals surface area contributed by atoms with Crippen molar-refractivity contribution >= 4 is 57.0 Å². The molecule has 0 unspecified atom stereocenters. The number of hydrogen-bond acceptors (Lipinski definition) is 6. The van der Waals surface area contributed by atoms with Crippen molar-refractivity contribution in [1.29, 1.82) is 0 Å². The number of ether oxygens (including phenoxy) is 1. The van der Waals surface area contributed by atoms with E-state index in [4.69, 9.17) is 23.2 Å². The molecule has 8 nitrogen and oxygen atoms in total. The quantitative estimate of drug-likeness (QED) is 0.390. The molecule has 0 radical (unpaired) electrons. The minimum atomic E-state index is -3.81. The van der Waals surface area contributed by atoms with Gasteiger partial charge in [0, 0.05) is 5.02 Å². The van der Waals surface area contributed by atoms with Crippen LogP contribution in [0.4, 0.5) is 5.69 Å². The van der Waals surface area contributed by atoms with Gasteiger partial charge in [-0.05, 0) is 35.9 Å². The van der Waals surface area contributed by atoms with Crippen LogP contribution in [-0.2, 0) is 19.6 Å². The topological polar surface area (TPSA) is 105 Å². The van der Waals surface area contributed by atoms with Gasteiger partial charge in [-0.2, -0.15) is 5.10 Å². The molecule has 0 spiro atoms. The zero-order chi connectivity index (χ0) is 21.6. The second-order valence-corrected chi connectivity index (χ2v) is 8.52. The van der Waals surface area contributed by atoms with Crippen LogP contribution < -0.4 is 9.73 Å². The number of sulfonamides is 1. The Hall–Kier alpha value is -2.62. The van der Waals surface area contributed by atoms with E-state index in [1.165, 1.54) is 31.5 Å². The van der Waals surface area contributed by atoms with Gasteiger partial charge in [0.1, 0.15) is 6.54 Å². The van der Waals surface area contributed by atoms with Gasteiger partial charge >= 0.3 is 5.97 Å². The summed E-state index contributed by atoms with van der Waals surface area (Å²) in [5.41, 5.74) is 3.30. The second-order valence-electron chi connectivity index (χ2n) is 5.77. The van der Waals surface area contributed by atoms with Crippen LogP contribution in [0.3, 0.4) is 0 Å². The number of benzene rings is 2. The molecule has 0 saturated heterocycles. The molecule has 29 heavy (non-hydrogen) atoms. The molecular formula is C18H17Cl2N3O5S. The smallest absolute Gasteiger partial charge is 0.337 e. The van der Waals surface area contributed by atoms with Gasteiger partial charge in [-0.3, -0.25) is 9.10 Å². The van der Waals surface area contributed by atoms with Crippen LogP contribution in [0.5, 0.6) is 0 Å². The van der Waals surface area contributed by atoms with E-state index in [1.54, 1.807) is 24.3 Å². The van der Waals surface area contributed by atoms with E-state index >= 15 is 0 Å². The maximum absolute atomic E-state index is 12.2. The van der Waals surface area contributed by atoms with Gasteiger partial charge in [-0.25, -0.2) is 18.6 Å². The number of halogens is 2. The molecule has 0 aliphatic heterocycles. The number of amides is 1. The minimum absolute atomic E-state index is 0.0826. The number of carbonyl (C=O) groups excluding carboxylic acids is 2. The fraction of sp³-hybridized carbons (Fsp3) is 0.167. The lowest BCUT2D eigenvalue weighted by atomic mass is 10.1. The summed E-state index contributed by atoms with van der Waals surface area (Å²) in [5, 5.41) is 4.18. The van der Waals surface area contributed by atoms with Gasteiger partial charge in [-0.1, -0.05) is 35.3 Å². The molecule has 0 fully saturated rings. The summed E-state index contributed by atoms with van der Waals surface area (Å²) in [6.45, 7) is -0.544. The van der Waals surface area contributed by atoms with Crippen molar-refractivity contribution in [2.75, 3.05) is 24.2 Å². The van der Waals surface area contributed by atoms with Crippen molar-refractivity contribution < 1.29 is 22.7 Å². The van der Waals surface area contributed by atoms with E-state index in [-0.39, 0.29) is 15.7 Å². The Morgan fingerprint density at radius 3 is 2.41 bits per heavy atom. The Kier molecular flexibility index (Phi) is 7.60. The summed E-state index contributed by atoms with van der Waals surface area (Å²) >= 11 is 12.0. The molecule has 0 aromatic heterocycles. The fourth-order valence-corrected chi connectivity index (χ4v) is 3.52. The fourth-order valence-electron chi connectivity index (χ4n) is 2.23. The predicted molar refractivity (Wildman–Crippen MR) is 112 cm³/mol. The summed E-state index contributed by atoms with van der Waals surface area (Å²) in [6, 6.07) is 10.6. The van der Waals surface area contributed by atoms with Crippen molar-refractivity contribution in [1.82, 2.24) is 5.43 Å². The van der Waals surface area contributed by atoms with Gasteiger partial charge in [0.15, 0.2) is 0 Å². The molecule has 0 bridgehead atoms. The first-order valence-electron chi connectivity index (χ1n) is 8.05. The SMILES string of the molecule is COC(=O)c1ccc(/C=N\NC(=O)CN(c2cc(Cl)ccc2Cl)S(C)(=O)=O)cc1. The maximum Gasteiger partial charge on any atom is 0.337 e. The van der Waals surface area contributed by atoms with Gasteiger partial charge in [0.05, 0.1) is 35.9 Å². The normalized spacial score (nSPS) is 11.3. The first-order valence-corrected chi connectivity index (χ1v) is 10.7. The lowest BCUT2D eigenvalue weighted by Gasteiger charge is -2.22. The summed E-state index contributed by atoms with van der Waals surface area (Å²) in [5.74, 6) is -1.16. The zero-order valence-corrected chi connectivity index (χ0v) is 17.8. The highest BCUT2D eigenvalue weighted by atomic mass is 35.5. The van der Waals surface area contributed by atoms with Gasteiger partial charge in [0.2, 0.25) is 10.0 Å². The van der Waals surface area contributed by atoms with Crippen molar-refractivity contribution in [2.45, 2.75) is 0 Å². The molecule has 2 aromatic rings. The van der Waals surface area contributed by atoms with Crippen LogP contribution in [0, 0.1) is 0 Å². The van der Waals surface area contributed by atoms with Gasteiger partial charge < -0.3 is 4.74 Å². The Labute approximate surface area is 178 Å². The average molecular weight is 458 g/mol. The number of methoxy groups -OCH3 is 1. The highest BCUT2D eigenvalue weighted by Crippen LogP contribution is 2.30. The van der Waals surface area contributed by atoms with E-state index in [9.17, 15) is 18.0 Å². The number of esters is 1. The standard InChI is InChI=1S/C18H17Cl2N3O5S/c1-28-18(25)13-5-3-12(4-6-13)10-21-22-17(24)11-23(29(2,26)27)16-9-14(19)7-8-15(16)20/h3-10H,11H2,1-2H3,(H,22,24)/b21-10-. The first kappa shape index (κ1) is 22.7. The number of nitrogens with zero attached hydrogens (tertiary/aromatic N) is 2. The third-order valence-electron chi connectivity index (χ3n) is 3.60. The van der Waals surface area contributed by atoms with E-state index in [1.807, 2.05) is 0 Å². The van der Waals surface area contributed by atoms with Crippen LogP contribution >= 0.6 is 23.2 Å². The second kappa shape index (κ2) is 9.73. The number of carbonyl (C=O) groups is 2. The molecule has 0 heterocycles. The Bertz CT molecular complexity index is 1040. The van der Waals surface area contributed by atoms with Crippen molar-refractivity contribution in [3.05, 3.63) is 63.6 Å². The number of nitrogens with one attached hydrogen (secondary N) is 1. The average Bonchev–Trinajstić information content (AvgIpc) is 2.67. The van der Waals surface area contributed by atoms with Crippen LogP contribution in [0.2, 0.25) is 10.0 Å². The van der Waals surface area contributed by atoms with Gasteiger partial charge in [0.25, 0.3) is 5.91 Å². The monoisotopic (exact) mass is 457 g/mol. The third-order valence-corrected chi connectivity index (χ3v) is 5.28. The number of anilines is 1. The van der Waals surface area contributed by atoms with E-state index in [2.05, 4.69) is 15.3 Å². The summed E-state index contributed by atoms with van der Waals surface area (Å²) in [7, 11) is -2.53. The van der Waals surface area contributed by atoms with Crippen molar-refractivity contribution in [3.8, 4) is 0 Å². The third kappa shape index (κ3) is 6.45. The highest BCUT2D eigenvalue weighted by Gasteiger charge is 2.23. The molecule has 1 amide bonds. The summed E-state index contributed by atoms with van der Waals surface area (Å²) in [4.78, 5) is 23.6. The lowest BCUT2D eigenvalue weighted by Crippen LogP contribution is -2.39. The van der Waals surface area contributed by atoms with Crippen LogP contribution in [0.15, 0.2) is 47.6 Å². The maximum atomic E-state index is 12.2. The van der Waals surface area contributed by atoms with Crippen LogP contribution in [0.1, 0.15) is 15.9 Å². The van der Waals surface area contributed by atoms with E-state index < -0.39 is 28.4 Å². The predicted octanol–water partition coefficient (Wildman–Crippen LogP) is 2.70. The Morgan fingerprint density at radius 1 is 1.17 bits per heavy atom. The Balaban J connectivity index is 2.08. The number of hydrazone groups is 1. The van der Waals surface area contributed by atoms with Crippen LogP contribution in [-0.4, -0.2) is 46.4 Å². The molecule has 154 valence electrons. The van der Waals surface area contributed by atoms with Crippen molar-refractivity contribution in [3.63, 3.8) is 0 Å². The molecule has 2 aromatic carbocycles. The molecule has 0 aliphatic rings. The van der Waals surface area contributed by atoms with E-state index in [0.29, 0.717) is 11.1 Å². The molecule has 0 atom stereocenters. The molecule has 0 saturated carbocycles. The summed E-state index contributed by atoms with van der Waals surface area (Å²) in [6.07, 6.45) is 2.29. The number of rotatable bonds is 7. The first-order chi connectivity index (χ1) is 13.6. The number of hydrogen-bond donors (Lipinski definition) is 1. The van der Waals surface area contributed by atoms with Gasteiger partial charge in [-0.15, -0.1) is 0 Å². The Morgan fingerprint density at radius 2 is 1.83 bits per heavy atom. The summed E-state index contributed by atoms with van der Waals surface area (Å²) < 4.78 is 29.6. The highest BCUT2D eigenvalue weighted by molar-refractivity contribution is 7.92. The molecule has 11 heteroatoms.